The van der Waals surface area contributed by atoms with E-state index in [0.29, 0.717) is 5.69 Å². The second-order valence-electron chi connectivity index (χ2n) is 3.42. The van der Waals surface area contributed by atoms with Crippen molar-refractivity contribution in [3.05, 3.63) is 58.9 Å². The number of halogens is 3. The molecule has 2 aromatic rings. The van der Waals surface area contributed by atoms with Gasteiger partial charge in [0.05, 0.1) is 5.56 Å². The number of rotatable bonds is 2. The van der Waals surface area contributed by atoms with Crippen LogP contribution in [0.2, 0.25) is 5.15 Å². The summed E-state index contributed by atoms with van der Waals surface area (Å²) >= 11 is 5.47. The van der Waals surface area contributed by atoms with E-state index in [1.54, 1.807) is 0 Å². The molecule has 1 aromatic carbocycles. The van der Waals surface area contributed by atoms with Crippen molar-refractivity contribution in [1.82, 2.24) is 4.98 Å². The molecule has 1 N–H and O–H groups in total. The molecule has 0 unspecified atom stereocenters. The summed E-state index contributed by atoms with van der Waals surface area (Å²) in [4.78, 5) is 15.2. The molecule has 3 nitrogen and oxygen atoms in total. The molecule has 0 spiro atoms. The van der Waals surface area contributed by atoms with Crippen LogP contribution in [0.5, 0.6) is 0 Å². The van der Waals surface area contributed by atoms with Crippen molar-refractivity contribution >= 4 is 23.2 Å². The third-order valence-electron chi connectivity index (χ3n) is 2.19. The lowest BCUT2D eigenvalue weighted by molar-refractivity contribution is 0.102. The van der Waals surface area contributed by atoms with Crippen molar-refractivity contribution in [3.63, 3.8) is 0 Å². The fraction of sp³-hybridized carbons (Fsp3) is 0. The molecule has 0 saturated heterocycles. The lowest BCUT2D eigenvalue weighted by Crippen LogP contribution is -2.14. The van der Waals surface area contributed by atoms with Gasteiger partial charge in [-0.2, -0.15) is 0 Å². The maximum Gasteiger partial charge on any atom is 0.258 e. The summed E-state index contributed by atoms with van der Waals surface area (Å²) in [5.74, 6) is -1.99. The number of nitrogens with zero attached hydrogens (tertiary/aromatic N) is 1. The molecular formula is C12H7ClF2N2O. The highest BCUT2D eigenvalue weighted by atomic mass is 35.5. The predicted molar refractivity (Wildman–Crippen MR) is 63.6 cm³/mol. The molecule has 6 heteroatoms. The Kier molecular flexibility index (Phi) is 3.53. The second kappa shape index (κ2) is 5.10. The summed E-state index contributed by atoms with van der Waals surface area (Å²) in [5.41, 5.74) is 0.132. The van der Waals surface area contributed by atoms with Gasteiger partial charge in [0.25, 0.3) is 5.91 Å². The first kappa shape index (κ1) is 12.4. The first-order chi connectivity index (χ1) is 8.58. The van der Waals surface area contributed by atoms with Gasteiger partial charge in [0, 0.05) is 11.9 Å². The number of amides is 1. The molecule has 0 fully saturated rings. The van der Waals surface area contributed by atoms with Crippen LogP contribution >= 0.6 is 11.6 Å². The summed E-state index contributed by atoms with van der Waals surface area (Å²) in [5, 5.41) is 2.05. The van der Waals surface area contributed by atoms with Crippen molar-refractivity contribution in [3.8, 4) is 0 Å². The number of hydrogen-bond donors (Lipinski definition) is 1. The number of benzene rings is 1. The molecule has 0 bridgehead atoms. The SMILES string of the molecule is O=C(Nc1ccc(F)cc1)c1ccnc(Cl)c1F. The highest BCUT2D eigenvalue weighted by molar-refractivity contribution is 6.30. The molecule has 0 aliphatic carbocycles. The number of pyridine rings is 1. The van der Waals surface area contributed by atoms with Gasteiger partial charge in [-0.15, -0.1) is 0 Å². The molecule has 0 aliphatic rings. The van der Waals surface area contributed by atoms with Crippen LogP contribution in [0.25, 0.3) is 0 Å². The van der Waals surface area contributed by atoms with Gasteiger partial charge >= 0.3 is 0 Å². The molecule has 1 aromatic heterocycles. The Morgan fingerprint density at radius 3 is 2.50 bits per heavy atom. The molecule has 2 rings (SSSR count). The lowest BCUT2D eigenvalue weighted by Gasteiger charge is -2.06. The molecule has 1 amide bonds. The predicted octanol–water partition coefficient (Wildman–Crippen LogP) is 3.27. The van der Waals surface area contributed by atoms with E-state index in [9.17, 15) is 13.6 Å². The monoisotopic (exact) mass is 268 g/mol. The van der Waals surface area contributed by atoms with Gasteiger partial charge in [0.15, 0.2) is 11.0 Å². The zero-order valence-electron chi connectivity index (χ0n) is 8.95. The zero-order valence-corrected chi connectivity index (χ0v) is 9.71. The fourth-order valence-corrected chi connectivity index (χ4v) is 1.48. The van der Waals surface area contributed by atoms with Crippen LogP contribution in [-0.2, 0) is 0 Å². The maximum atomic E-state index is 13.5. The van der Waals surface area contributed by atoms with Gasteiger partial charge in [0.1, 0.15) is 5.82 Å². The minimum Gasteiger partial charge on any atom is -0.322 e. The van der Waals surface area contributed by atoms with Crippen molar-refractivity contribution in [2.24, 2.45) is 0 Å². The smallest absolute Gasteiger partial charge is 0.258 e. The average molecular weight is 269 g/mol. The topological polar surface area (TPSA) is 42.0 Å². The molecule has 0 atom stereocenters. The largest absolute Gasteiger partial charge is 0.322 e. The number of carbonyl (C=O) groups is 1. The third kappa shape index (κ3) is 2.62. The van der Waals surface area contributed by atoms with E-state index in [2.05, 4.69) is 10.3 Å². The molecular weight excluding hydrogens is 262 g/mol. The number of hydrogen-bond acceptors (Lipinski definition) is 2. The number of carbonyl (C=O) groups excluding carboxylic acids is 1. The molecule has 0 aliphatic heterocycles. The van der Waals surface area contributed by atoms with E-state index in [1.807, 2.05) is 0 Å². The Labute approximate surface area is 106 Å². The van der Waals surface area contributed by atoms with Gasteiger partial charge in [0.2, 0.25) is 0 Å². The first-order valence-corrected chi connectivity index (χ1v) is 5.32. The van der Waals surface area contributed by atoms with Crippen molar-refractivity contribution < 1.29 is 13.6 Å². The van der Waals surface area contributed by atoms with E-state index in [0.717, 1.165) is 0 Å². The highest BCUT2D eigenvalue weighted by Crippen LogP contribution is 2.17. The molecule has 92 valence electrons. The highest BCUT2D eigenvalue weighted by Gasteiger charge is 2.15. The van der Waals surface area contributed by atoms with Crippen LogP contribution in [0, 0.1) is 11.6 Å². The van der Waals surface area contributed by atoms with E-state index < -0.39 is 17.5 Å². The Hall–Kier alpha value is -2.01. The quantitative estimate of drug-likeness (QED) is 0.850. The van der Waals surface area contributed by atoms with Gasteiger partial charge < -0.3 is 5.32 Å². The van der Waals surface area contributed by atoms with Crippen molar-refractivity contribution in [2.45, 2.75) is 0 Å². The van der Waals surface area contributed by atoms with Crippen LogP contribution in [0.4, 0.5) is 14.5 Å². The Morgan fingerprint density at radius 1 is 1.17 bits per heavy atom. The zero-order chi connectivity index (χ0) is 13.1. The molecule has 1 heterocycles. The number of anilines is 1. The van der Waals surface area contributed by atoms with Crippen LogP contribution in [0.1, 0.15) is 10.4 Å². The number of nitrogens with one attached hydrogen (secondary N) is 1. The normalized spacial score (nSPS) is 10.2. The van der Waals surface area contributed by atoms with Crippen LogP contribution in [0.15, 0.2) is 36.5 Å². The maximum absolute atomic E-state index is 13.5. The van der Waals surface area contributed by atoms with Crippen LogP contribution in [0.3, 0.4) is 0 Å². The minimum absolute atomic E-state index is 0.223. The Bertz CT molecular complexity index is 587. The van der Waals surface area contributed by atoms with Gasteiger partial charge in [-0.25, -0.2) is 13.8 Å². The summed E-state index contributed by atoms with van der Waals surface area (Å²) < 4.78 is 26.2. The van der Waals surface area contributed by atoms with Crippen LogP contribution < -0.4 is 5.32 Å². The fourth-order valence-electron chi connectivity index (χ4n) is 1.33. The minimum atomic E-state index is -0.890. The van der Waals surface area contributed by atoms with Gasteiger partial charge in [-0.3, -0.25) is 4.79 Å². The molecule has 0 radical (unpaired) electrons. The lowest BCUT2D eigenvalue weighted by atomic mass is 10.2. The number of aromatic nitrogens is 1. The van der Waals surface area contributed by atoms with Gasteiger partial charge in [-0.05, 0) is 30.3 Å². The van der Waals surface area contributed by atoms with Gasteiger partial charge in [-0.1, -0.05) is 11.6 Å². The Balaban J connectivity index is 2.22. The summed E-state index contributed by atoms with van der Waals surface area (Å²) in [6, 6.07) is 6.32. The Morgan fingerprint density at radius 2 is 1.83 bits per heavy atom. The average Bonchev–Trinajstić information content (AvgIpc) is 2.35. The van der Waals surface area contributed by atoms with E-state index >= 15 is 0 Å². The van der Waals surface area contributed by atoms with Crippen molar-refractivity contribution in [1.29, 1.82) is 0 Å². The summed E-state index contributed by atoms with van der Waals surface area (Å²) in [6.07, 6.45) is 1.23. The van der Waals surface area contributed by atoms with E-state index in [4.69, 9.17) is 11.6 Å². The molecule has 18 heavy (non-hydrogen) atoms. The second-order valence-corrected chi connectivity index (χ2v) is 3.78. The van der Waals surface area contributed by atoms with Crippen LogP contribution in [-0.4, -0.2) is 10.9 Å². The first-order valence-electron chi connectivity index (χ1n) is 4.95. The van der Waals surface area contributed by atoms with Crippen molar-refractivity contribution in [2.75, 3.05) is 5.32 Å². The molecule has 0 saturated carbocycles. The third-order valence-corrected chi connectivity index (χ3v) is 2.46. The standard InChI is InChI=1S/C12H7ClF2N2O/c13-11-10(15)9(5-6-16-11)12(18)17-8-3-1-7(14)2-4-8/h1-6H,(H,17,18). The summed E-state index contributed by atoms with van der Waals surface area (Å²) in [7, 11) is 0. The summed E-state index contributed by atoms with van der Waals surface area (Å²) in [6.45, 7) is 0. The van der Waals surface area contributed by atoms with E-state index in [1.165, 1.54) is 36.5 Å². The van der Waals surface area contributed by atoms with E-state index in [-0.39, 0.29) is 10.7 Å².